The molecular formula is C18H18BrFN2O4. The third kappa shape index (κ3) is 4.32. The lowest BCUT2D eigenvalue weighted by molar-refractivity contribution is 0.0601. The first-order valence-corrected chi connectivity index (χ1v) is 8.50. The van der Waals surface area contributed by atoms with E-state index in [2.05, 4.69) is 21.2 Å². The molecule has 2 rings (SSSR count). The molecule has 1 heterocycles. The van der Waals surface area contributed by atoms with E-state index in [0.717, 1.165) is 0 Å². The average Bonchev–Trinajstić information content (AvgIpc) is 2.61. The monoisotopic (exact) mass is 424 g/mol. The Kier molecular flexibility index (Phi) is 6.57. The first-order chi connectivity index (χ1) is 12.4. The second kappa shape index (κ2) is 8.66. The van der Waals surface area contributed by atoms with Crippen LogP contribution in [0.15, 0.2) is 39.8 Å². The van der Waals surface area contributed by atoms with E-state index in [0.29, 0.717) is 16.6 Å². The molecule has 0 bridgehead atoms. The first kappa shape index (κ1) is 19.7. The fraction of sp³-hybridized carbons (Fsp3) is 0.222. The van der Waals surface area contributed by atoms with Gasteiger partial charge in [0.25, 0.3) is 5.56 Å². The van der Waals surface area contributed by atoms with Crippen LogP contribution in [0.2, 0.25) is 0 Å². The van der Waals surface area contributed by atoms with Crippen molar-refractivity contribution in [1.29, 1.82) is 0 Å². The van der Waals surface area contributed by atoms with Crippen molar-refractivity contribution in [2.45, 2.75) is 6.92 Å². The van der Waals surface area contributed by atoms with Crippen molar-refractivity contribution in [3.05, 3.63) is 62.3 Å². The molecule has 0 spiro atoms. The smallest absolute Gasteiger partial charge is 0.342 e. The van der Waals surface area contributed by atoms with Crippen LogP contribution in [-0.2, 0) is 16.5 Å². The van der Waals surface area contributed by atoms with E-state index in [-0.39, 0.29) is 22.6 Å². The zero-order chi connectivity index (χ0) is 19.3. The van der Waals surface area contributed by atoms with Gasteiger partial charge in [-0.1, -0.05) is 15.9 Å². The zero-order valence-electron chi connectivity index (χ0n) is 14.5. The Morgan fingerprint density at radius 2 is 2.12 bits per heavy atom. The standard InChI is InChI=1S/C18H18BrFN2O4/c1-4-26-8-7-11-9-15(23)22(2)17(16(11)18(24)25-3)21-14-6-5-12(19)10-13(14)20/h5-10,21H,4H2,1-3H3/b8-7+. The summed E-state index contributed by atoms with van der Waals surface area (Å²) in [5.41, 5.74) is 0.120. The van der Waals surface area contributed by atoms with Gasteiger partial charge in [-0.3, -0.25) is 9.36 Å². The summed E-state index contributed by atoms with van der Waals surface area (Å²) in [5, 5.41) is 2.81. The summed E-state index contributed by atoms with van der Waals surface area (Å²) in [5.74, 6) is -1.10. The van der Waals surface area contributed by atoms with Gasteiger partial charge in [0.05, 0.1) is 25.7 Å². The predicted molar refractivity (Wildman–Crippen MR) is 101 cm³/mol. The van der Waals surface area contributed by atoms with Crippen LogP contribution in [-0.4, -0.2) is 24.3 Å². The lowest BCUT2D eigenvalue weighted by atomic mass is 10.1. The molecule has 0 unspecified atom stereocenters. The van der Waals surface area contributed by atoms with E-state index in [1.54, 1.807) is 13.0 Å². The normalized spacial score (nSPS) is 10.8. The van der Waals surface area contributed by atoms with Crippen molar-refractivity contribution in [1.82, 2.24) is 4.57 Å². The largest absolute Gasteiger partial charge is 0.501 e. The second-order valence-electron chi connectivity index (χ2n) is 5.22. The fourth-order valence-corrected chi connectivity index (χ4v) is 2.58. The maximum absolute atomic E-state index is 14.2. The lowest BCUT2D eigenvalue weighted by Gasteiger charge is -2.17. The van der Waals surface area contributed by atoms with E-state index < -0.39 is 11.8 Å². The van der Waals surface area contributed by atoms with Crippen LogP contribution in [0.25, 0.3) is 6.08 Å². The number of methoxy groups -OCH3 is 1. The molecule has 0 aliphatic rings. The molecule has 26 heavy (non-hydrogen) atoms. The molecule has 0 fully saturated rings. The highest BCUT2D eigenvalue weighted by atomic mass is 79.9. The molecule has 1 N–H and O–H groups in total. The maximum atomic E-state index is 14.2. The Hall–Kier alpha value is -2.61. The number of hydrogen-bond acceptors (Lipinski definition) is 5. The molecular weight excluding hydrogens is 407 g/mol. The number of halogens is 2. The number of nitrogens with zero attached hydrogens (tertiary/aromatic N) is 1. The number of nitrogens with one attached hydrogen (secondary N) is 1. The average molecular weight is 425 g/mol. The van der Waals surface area contributed by atoms with Crippen LogP contribution < -0.4 is 10.9 Å². The van der Waals surface area contributed by atoms with Gasteiger partial charge in [-0.2, -0.15) is 0 Å². The minimum absolute atomic E-state index is 0.0906. The Morgan fingerprint density at radius 3 is 2.73 bits per heavy atom. The minimum Gasteiger partial charge on any atom is -0.501 e. The number of ether oxygens (including phenoxy) is 2. The minimum atomic E-state index is -0.670. The molecule has 0 atom stereocenters. The Labute approximate surface area is 158 Å². The number of benzene rings is 1. The van der Waals surface area contributed by atoms with Gasteiger partial charge in [0, 0.05) is 23.2 Å². The number of carbonyl (C=O) groups is 1. The van der Waals surface area contributed by atoms with Crippen molar-refractivity contribution in [2.24, 2.45) is 7.05 Å². The second-order valence-corrected chi connectivity index (χ2v) is 6.14. The van der Waals surface area contributed by atoms with Crippen molar-refractivity contribution in [3.63, 3.8) is 0 Å². The molecule has 1 aromatic carbocycles. The third-order valence-electron chi connectivity index (χ3n) is 3.55. The van der Waals surface area contributed by atoms with E-state index in [4.69, 9.17) is 9.47 Å². The molecule has 0 saturated carbocycles. The van der Waals surface area contributed by atoms with Crippen LogP contribution in [0.3, 0.4) is 0 Å². The molecule has 0 aliphatic heterocycles. The topological polar surface area (TPSA) is 69.6 Å². The van der Waals surface area contributed by atoms with E-state index in [1.807, 2.05) is 0 Å². The molecule has 0 saturated heterocycles. The zero-order valence-corrected chi connectivity index (χ0v) is 16.1. The number of aromatic nitrogens is 1. The highest BCUT2D eigenvalue weighted by Crippen LogP contribution is 2.27. The van der Waals surface area contributed by atoms with E-state index in [9.17, 15) is 14.0 Å². The number of rotatable bonds is 6. The number of carbonyl (C=O) groups excluding carboxylic acids is 1. The Balaban J connectivity index is 2.65. The van der Waals surface area contributed by atoms with Crippen molar-refractivity contribution < 1.29 is 18.7 Å². The molecule has 0 radical (unpaired) electrons. The van der Waals surface area contributed by atoms with Gasteiger partial charge in [0.1, 0.15) is 17.2 Å². The van der Waals surface area contributed by atoms with Gasteiger partial charge in [0.2, 0.25) is 0 Å². The van der Waals surface area contributed by atoms with Crippen LogP contribution in [0, 0.1) is 5.82 Å². The summed E-state index contributed by atoms with van der Waals surface area (Å²) in [6, 6.07) is 5.69. The van der Waals surface area contributed by atoms with Crippen LogP contribution in [0.1, 0.15) is 22.8 Å². The quantitative estimate of drug-likeness (QED) is 0.563. The highest BCUT2D eigenvalue weighted by Gasteiger charge is 2.21. The van der Waals surface area contributed by atoms with Gasteiger partial charge >= 0.3 is 5.97 Å². The summed E-state index contributed by atoms with van der Waals surface area (Å²) >= 11 is 3.18. The predicted octanol–water partition coefficient (Wildman–Crippen LogP) is 3.82. The molecule has 2 aromatic rings. The van der Waals surface area contributed by atoms with Crippen molar-refractivity contribution in [3.8, 4) is 0 Å². The summed E-state index contributed by atoms with van der Waals surface area (Å²) in [4.78, 5) is 24.6. The number of esters is 1. The van der Waals surface area contributed by atoms with Crippen LogP contribution in [0.5, 0.6) is 0 Å². The number of hydrogen-bond donors (Lipinski definition) is 1. The molecule has 6 nitrogen and oxygen atoms in total. The Bertz CT molecular complexity index is 909. The van der Waals surface area contributed by atoms with E-state index in [1.165, 1.54) is 49.3 Å². The summed E-state index contributed by atoms with van der Waals surface area (Å²) in [6.07, 6.45) is 2.87. The Morgan fingerprint density at radius 1 is 1.38 bits per heavy atom. The first-order valence-electron chi connectivity index (χ1n) is 7.71. The third-order valence-corrected chi connectivity index (χ3v) is 4.05. The molecule has 138 valence electrons. The molecule has 8 heteroatoms. The van der Waals surface area contributed by atoms with Gasteiger partial charge < -0.3 is 14.8 Å². The summed E-state index contributed by atoms with van der Waals surface area (Å²) in [6.45, 7) is 2.24. The molecule has 1 aromatic heterocycles. The molecule has 0 aliphatic carbocycles. The van der Waals surface area contributed by atoms with Gasteiger partial charge in [-0.05, 0) is 31.2 Å². The number of pyridine rings is 1. The summed E-state index contributed by atoms with van der Waals surface area (Å²) < 4.78 is 26.0. The van der Waals surface area contributed by atoms with Crippen molar-refractivity contribution >= 4 is 39.5 Å². The molecule has 0 amide bonds. The van der Waals surface area contributed by atoms with Gasteiger partial charge in [0.15, 0.2) is 0 Å². The SMILES string of the molecule is CCO/C=C/c1cc(=O)n(C)c(Nc2ccc(Br)cc2F)c1C(=O)OC. The van der Waals surface area contributed by atoms with E-state index >= 15 is 0 Å². The van der Waals surface area contributed by atoms with Gasteiger partial charge in [-0.15, -0.1) is 0 Å². The fourth-order valence-electron chi connectivity index (χ4n) is 2.25. The number of anilines is 2. The highest BCUT2D eigenvalue weighted by molar-refractivity contribution is 9.10. The summed E-state index contributed by atoms with van der Waals surface area (Å²) in [7, 11) is 2.71. The maximum Gasteiger partial charge on any atom is 0.342 e. The lowest BCUT2D eigenvalue weighted by Crippen LogP contribution is -2.24. The van der Waals surface area contributed by atoms with Crippen molar-refractivity contribution in [2.75, 3.05) is 19.0 Å². The van der Waals surface area contributed by atoms with Crippen LogP contribution >= 0.6 is 15.9 Å². The van der Waals surface area contributed by atoms with Crippen LogP contribution in [0.4, 0.5) is 15.9 Å². The van der Waals surface area contributed by atoms with Gasteiger partial charge in [-0.25, -0.2) is 9.18 Å².